The van der Waals surface area contributed by atoms with Crippen molar-refractivity contribution in [3.63, 3.8) is 0 Å². The summed E-state index contributed by atoms with van der Waals surface area (Å²) in [5.74, 6) is 4.15. The van der Waals surface area contributed by atoms with Crippen molar-refractivity contribution in [3.8, 4) is 0 Å². The van der Waals surface area contributed by atoms with Gasteiger partial charge in [0.25, 0.3) is 0 Å². The van der Waals surface area contributed by atoms with Gasteiger partial charge in [0, 0.05) is 11.8 Å². The molecular formula is C15H24O. The van der Waals surface area contributed by atoms with E-state index < -0.39 is 0 Å². The van der Waals surface area contributed by atoms with Crippen LogP contribution < -0.4 is 0 Å². The second-order valence-corrected chi connectivity index (χ2v) is 6.32. The van der Waals surface area contributed by atoms with Crippen LogP contribution in [0.3, 0.4) is 0 Å². The molecule has 0 radical (unpaired) electrons. The monoisotopic (exact) mass is 220 g/mol. The van der Waals surface area contributed by atoms with Crippen LogP contribution in [0.2, 0.25) is 0 Å². The molecule has 3 aliphatic rings. The summed E-state index contributed by atoms with van der Waals surface area (Å²) in [6.07, 6.45) is 10.5. The topological polar surface area (TPSA) is 17.1 Å². The third kappa shape index (κ3) is 1.72. The lowest BCUT2D eigenvalue weighted by molar-refractivity contribution is -0.126. The summed E-state index contributed by atoms with van der Waals surface area (Å²) < 4.78 is 0. The van der Waals surface area contributed by atoms with Crippen molar-refractivity contribution in [3.05, 3.63) is 0 Å². The van der Waals surface area contributed by atoms with E-state index in [0.29, 0.717) is 17.6 Å². The molecular weight excluding hydrogens is 196 g/mol. The Morgan fingerprint density at radius 3 is 2.44 bits per heavy atom. The maximum atomic E-state index is 12.4. The van der Waals surface area contributed by atoms with E-state index in [9.17, 15) is 4.79 Å². The minimum absolute atomic E-state index is 0.453. The molecule has 0 aromatic carbocycles. The van der Waals surface area contributed by atoms with Crippen molar-refractivity contribution in [1.82, 2.24) is 0 Å². The molecule has 0 amide bonds. The van der Waals surface area contributed by atoms with E-state index >= 15 is 0 Å². The molecule has 0 bridgehead atoms. The number of ketones is 1. The first-order valence-corrected chi connectivity index (χ1v) is 7.35. The van der Waals surface area contributed by atoms with E-state index in [0.717, 1.165) is 17.8 Å². The van der Waals surface area contributed by atoms with Gasteiger partial charge in [-0.3, -0.25) is 4.79 Å². The highest BCUT2D eigenvalue weighted by molar-refractivity contribution is 5.86. The van der Waals surface area contributed by atoms with Crippen LogP contribution in [0, 0.1) is 29.6 Å². The molecule has 16 heavy (non-hydrogen) atoms. The van der Waals surface area contributed by atoms with Gasteiger partial charge in [-0.15, -0.1) is 0 Å². The number of Topliss-reactive ketones (excluding diaryl/α,β-unsaturated/α-hetero) is 1. The third-order valence-electron chi connectivity index (χ3n) is 5.50. The van der Waals surface area contributed by atoms with Crippen molar-refractivity contribution < 1.29 is 4.79 Å². The molecule has 1 heteroatoms. The van der Waals surface area contributed by atoms with E-state index in [2.05, 4.69) is 6.92 Å². The zero-order valence-electron chi connectivity index (χ0n) is 10.5. The summed E-state index contributed by atoms with van der Waals surface area (Å²) in [5, 5.41) is 0. The van der Waals surface area contributed by atoms with Crippen molar-refractivity contribution in [1.29, 1.82) is 0 Å². The lowest BCUT2D eigenvalue weighted by Gasteiger charge is -2.27. The molecule has 0 aliphatic heterocycles. The number of hydrogen-bond acceptors (Lipinski definition) is 1. The van der Waals surface area contributed by atoms with Gasteiger partial charge in [0.15, 0.2) is 0 Å². The maximum absolute atomic E-state index is 12.4. The fraction of sp³-hybridized carbons (Fsp3) is 0.933. The first-order valence-electron chi connectivity index (χ1n) is 7.35. The standard InChI is InChI=1S/C15H24O/c1-2-10-5-3-6-11(9-10)15(16)14-12-7-4-8-13(12)14/h10-14H,2-9H2,1H3. The molecule has 3 saturated carbocycles. The summed E-state index contributed by atoms with van der Waals surface area (Å²) in [6.45, 7) is 2.28. The Morgan fingerprint density at radius 2 is 1.75 bits per heavy atom. The highest BCUT2D eigenvalue weighted by Crippen LogP contribution is 2.59. The van der Waals surface area contributed by atoms with Crippen LogP contribution in [0.1, 0.15) is 58.3 Å². The normalized spacial score (nSPS) is 46.4. The molecule has 0 spiro atoms. The van der Waals surface area contributed by atoms with Gasteiger partial charge in [-0.05, 0) is 43.4 Å². The number of rotatable bonds is 3. The first kappa shape index (κ1) is 10.8. The van der Waals surface area contributed by atoms with E-state index in [1.165, 1.54) is 51.4 Å². The Labute approximate surface area is 99.0 Å². The Hall–Kier alpha value is -0.330. The zero-order valence-corrected chi connectivity index (χ0v) is 10.5. The number of carbonyl (C=O) groups is 1. The van der Waals surface area contributed by atoms with Crippen LogP contribution in [-0.4, -0.2) is 5.78 Å². The van der Waals surface area contributed by atoms with Crippen LogP contribution >= 0.6 is 0 Å². The lowest BCUT2D eigenvalue weighted by atomic mass is 9.77. The molecule has 4 unspecified atom stereocenters. The van der Waals surface area contributed by atoms with Crippen LogP contribution in [-0.2, 0) is 4.79 Å². The van der Waals surface area contributed by atoms with Gasteiger partial charge in [-0.2, -0.15) is 0 Å². The predicted octanol–water partition coefficient (Wildman–Crippen LogP) is 3.82. The van der Waals surface area contributed by atoms with Crippen LogP contribution in [0.15, 0.2) is 0 Å². The second kappa shape index (κ2) is 4.16. The van der Waals surface area contributed by atoms with Crippen molar-refractivity contribution in [2.75, 3.05) is 0 Å². The third-order valence-corrected chi connectivity index (χ3v) is 5.50. The lowest BCUT2D eigenvalue weighted by Crippen LogP contribution is -2.25. The molecule has 0 aromatic rings. The quantitative estimate of drug-likeness (QED) is 0.706. The highest BCUT2D eigenvalue weighted by atomic mass is 16.1. The molecule has 3 aliphatic carbocycles. The average Bonchev–Trinajstić information content (AvgIpc) is 2.81. The minimum Gasteiger partial charge on any atom is -0.299 e. The van der Waals surface area contributed by atoms with Gasteiger partial charge < -0.3 is 0 Å². The molecule has 0 aromatic heterocycles. The Kier molecular flexibility index (Phi) is 2.81. The Bertz CT molecular complexity index is 273. The number of carbonyl (C=O) groups excluding carboxylic acids is 1. The van der Waals surface area contributed by atoms with E-state index in [1.807, 2.05) is 0 Å². The van der Waals surface area contributed by atoms with Crippen LogP contribution in [0.4, 0.5) is 0 Å². The summed E-state index contributed by atoms with van der Waals surface area (Å²) in [4.78, 5) is 12.4. The molecule has 0 heterocycles. The minimum atomic E-state index is 0.453. The van der Waals surface area contributed by atoms with Crippen molar-refractivity contribution in [2.24, 2.45) is 29.6 Å². The highest BCUT2D eigenvalue weighted by Gasteiger charge is 2.57. The summed E-state index contributed by atoms with van der Waals surface area (Å²) in [6, 6.07) is 0. The predicted molar refractivity (Wildman–Crippen MR) is 65.1 cm³/mol. The Balaban J connectivity index is 1.58. The fourth-order valence-corrected chi connectivity index (χ4v) is 4.44. The largest absolute Gasteiger partial charge is 0.299 e. The molecule has 1 nitrogen and oxygen atoms in total. The number of fused-ring (bicyclic) bond motifs is 1. The summed E-state index contributed by atoms with van der Waals surface area (Å²) in [5.41, 5.74) is 0. The van der Waals surface area contributed by atoms with E-state index in [-0.39, 0.29) is 0 Å². The molecule has 90 valence electrons. The van der Waals surface area contributed by atoms with Crippen LogP contribution in [0.25, 0.3) is 0 Å². The van der Waals surface area contributed by atoms with Crippen LogP contribution in [0.5, 0.6) is 0 Å². The van der Waals surface area contributed by atoms with E-state index in [4.69, 9.17) is 0 Å². The van der Waals surface area contributed by atoms with Gasteiger partial charge in [0.05, 0.1) is 0 Å². The molecule has 3 rings (SSSR count). The van der Waals surface area contributed by atoms with Gasteiger partial charge in [0.1, 0.15) is 5.78 Å². The van der Waals surface area contributed by atoms with Crippen molar-refractivity contribution >= 4 is 5.78 Å². The second-order valence-electron chi connectivity index (χ2n) is 6.32. The smallest absolute Gasteiger partial charge is 0.139 e. The van der Waals surface area contributed by atoms with Gasteiger partial charge in [-0.1, -0.05) is 32.6 Å². The van der Waals surface area contributed by atoms with Gasteiger partial charge in [0.2, 0.25) is 0 Å². The molecule has 3 fully saturated rings. The summed E-state index contributed by atoms with van der Waals surface area (Å²) >= 11 is 0. The molecule has 0 N–H and O–H groups in total. The number of hydrogen-bond donors (Lipinski definition) is 0. The molecule has 0 saturated heterocycles. The van der Waals surface area contributed by atoms with Gasteiger partial charge >= 0.3 is 0 Å². The summed E-state index contributed by atoms with van der Waals surface area (Å²) in [7, 11) is 0. The first-order chi connectivity index (χ1) is 7.81. The molecule has 4 atom stereocenters. The SMILES string of the molecule is CCC1CCCC(C(=O)C2C3CCCC32)C1. The van der Waals surface area contributed by atoms with E-state index in [1.54, 1.807) is 0 Å². The average molecular weight is 220 g/mol. The van der Waals surface area contributed by atoms with Crippen molar-refractivity contribution in [2.45, 2.75) is 58.3 Å². The Morgan fingerprint density at radius 1 is 1.06 bits per heavy atom. The maximum Gasteiger partial charge on any atom is 0.139 e. The zero-order chi connectivity index (χ0) is 11.1. The fourth-order valence-electron chi connectivity index (χ4n) is 4.44. The van der Waals surface area contributed by atoms with Gasteiger partial charge in [-0.25, -0.2) is 0 Å².